The van der Waals surface area contributed by atoms with Crippen LogP contribution in [0.5, 0.6) is 0 Å². The Morgan fingerprint density at radius 2 is 2.00 bits per heavy atom. The molecular weight excluding hydrogens is 242 g/mol. The van der Waals surface area contributed by atoms with Crippen molar-refractivity contribution >= 4 is 11.9 Å². The molecule has 0 heterocycles. The largest absolute Gasteiger partial charge is 0.481 e. The van der Waals surface area contributed by atoms with Crippen molar-refractivity contribution in [3.63, 3.8) is 0 Å². The van der Waals surface area contributed by atoms with Crippen molar-refractivity contribution < 1.29 is 14.7 Å². The van der Waals surface area contributed by atoms with Crippen LogP contribution >= 0.6 is 0 Å². The third-order valence-electron chi connectivity index (χ3n) is 3.62. The number of aryl methyl sites for hydroxylation is 1. The van der Waals surface area contributed by atoms with Gasteiger partial charge in [0.15, 0.2) is 0 Å². The maximum atomic E-state index is 12.0. The molecule has 2 rings (SSSR count). The summed E-state index contributed by atoms with van der Waals surface area (Å²) in [5.41, 5.74) is 1.66. The Bertz CT molecular complexity index is 522. The molecule has 1 fully saturated rings. The van der Waals surface area contributed by atoms with Crippen LogP contribution < -0.4 is 5.32 Å². The Kier molecular flexibility index (Phi) is 3.35. The van der Waals surface area contributed by atoms with Gasteiger partial charge in [-0.1, -0.05) is 29.8 Å². The van der Waals surface area contributed by atoms with Gasteiger partial charge in [0, 0.05) is 0 Å². The van der Waals surface area contributed by atoms with Gasteiger partial charge in [0.2, 0.25) is 5.91 Å². The molecule has 1 aliphatic rings. The van der Waals surface area contributed by atoms with E-state index in [1.807, 2.05) is 45.0 Å². The fourth-order valence-corrected chi connectivity index (χ4v) is 2.26. The molecule has 2 N–H and O–H groups in total. The smallest absolute Gasteiger partial charge is 0.307 e. The van der Waals surface area contributed by atoms with E-state index in [1.165, 1.54) is 0 Å². The normalized spacial score (nSPS) is 21.8. The fourth-order valence-electron chi connectivity index (χ4n) is 2.26. The molecule has 1 aromatic carbocycles. The van der Waals surface area contributed by atoms with Gasteiger partial charge in [0.1, 0.15) is 0 Å². The molecule has 0 radical (unpaired) electrons. The maximum Gasteiger partial charge on any atom is 0.307 e. The number of aliphatic carboxylic acids is 1. The zero-order chi connectivity index (χ0) is 14.2. The molecule has 0 unspecified atom stereocenters. The van der Waals surface area contributed by atoms with Crippen molar-refractivity contribution in [3.8, 4) is 0 Å². The summed E-state index contributed by atoms with van der Waals surface area (Å²) >= 11 is 0. The van der Waals surface area contributed by atoms with Crippen LogP contribution in [0.15, 0.2) is 24.3 Å². The van der Waals surface area contributed by atoms with E-state index < -0.39 is 17.4 Å². The highest BCUT2D eigenvalue weighted by atomic mass is 16.4. The highest BCUT2D eigenvalue weighted by Gasteiger charge is 2.49. The summed E-state index contributed by atoms with van der Waals surface area (Å²) in [5.74, 6) is -1.93. The maximum absolute atomic E-state index is 12.0. The molecule has 1 aromatic rings. The Morgan fingerprint density at radius 1 is 1.32 bits per heavy atom. The van der Waals surface area contributed by atoms with Gasteiger partial charge in [-0.2, -0.15) is 0 Å². The summed E-state index contributed by atoms with van der Waals surface area (Å²) in [5, 5.41) is 11.8. The van der Waals surface area contributed by atoms with Crippen molar-refractivity contribution in [1.82, 2.24) is 5.32 Å². The van der Waals surface area contributed by atoms with Gasteiger partial charge in [-0.15, -0.1) is 0 Å². The third-order valence-corrected chi connectivity index (χ3v) is 3.62. The Balaban J connectivity index is 2.06. The van der Waals surface area contributed by atoms with Crippen molar-refractivity contribution in [2.24, 2.45) is 11.8 Å². The second-order valence-corrected chi connectivity index (χ2v) is 5.77. The number of carboxylic acids is 1. The van der Waals surface area contributed by atoms with Gasteiger partial charge in [-0.25, -0.2) is 0 Å². The van der Waals surface area contributed by atoms with Crippen molar-refractivity contribution in [3.05, 3.63) is 35.4 Å². The van der Waals surface area contributed by atoms with Gasteiger partial charge in [0.05, 0.1) is 17.4 Å². The predicted octanol–water partition coefficient (Wildman–Crippen LogP) is 2.07. The van der Waals surface area contributed by atoms with E-state index >= 15 is 0 Å². The van der Waals surface area contributed by atoms with E-state index in [0.717, 1.165) is 11.1 Å². The van der Waals surface area contributed by atoms with E-state index in [1.54, 1.807) is 0 Å². The average Bonchev–Trinajstić information content (AvgIpc) is 3.08. The summed E-state index contributed by atoms with van der Waals surface area (Å²) < 4.78 is 0. The lowest BCUT2D eigenvalue weighted by atomic mass is 9.92. The third kappa shape index (κ3) is 2.95. The lowest BCUT2D eigenvalue weighted by molar-refractivity contribution is -0.140. The number of hydrogen-bond acceptors (Lipinski definition) is 2. The van der Waals surface area contributed by atoms with Gasteiger partial charge in [-0.3, -0.25) is 9.59 Å². The van der Waals surface area contributed by atoms with E-state index in [4.69, 9.17) is 5.11 Å². The summed E-state index contributed by atoms with van der Waals surface area (Å²) in [4.78, 5) is 22.8. The van der Waals surface area contributed by atoms with Crippen molar-refractivity contribution in [2.45, 2.75) is 32.7 Å². The number of benzene rings is 1. The molecular formula is C15H19NO3. The van der Waals surface area contributed by atoms with Crippen molar-refractivity contribution in [2.75, 3.05) is 0 Å². The first kappa shape index (κ1) is 13.6. The summed E-state index contributed by atoms with van der Waals surface area (Å²) in [6, 6.07) is 7.95. The number of nitrogens with one attached hydrogen (secondary N) is 1. The minimum Gasteiger partial charge on any atom is -0.481 e. The second-order valence-electron chi connectivity index (χ2n) is 5.77. The average molecular weight is 261 g/mol. The molecule has 0 bridgehead atoms. The molecule has 4 heteroatoms. The first-order valence-corrected chi connectivity index (χ1v) is 6.43. The van der Waals surface area contributed by atoms with Gasteiger partial charge < -0.3 is 10.4 Å². The van der Waals surface area contributed by atoms with E-state index in [0.29, 0.717) is 6.42 Å². The first-order chi connectivity index (χ1) is 8.81. The van der Waals surface area contributed by atoms with Crippen LogP contribution in [0, 0.1) is 18.8 Å². The molecule has 1 saturated carbocycles. The molecule has 1 aliphatic carbocycles. The van der Waals surface area contributed by atoms with Crippen LogP contribution in [0.4, 0.5) is 0 Å². The standard InChI is InChI=1S/C15H19NO3/c1-9-5-4-6-10(7-9)15(2,3)16-13(17)11-8-12(11)14(18)19/h4-7,11-12H,8H2,1-3H3,(H,16,17)(H,18,19)/t11-,12+/m1/s1. The molecule has 0 aromatic heterocycles. The van der Waals surface area contributed by atoms with E-state index in [2.05, 4.69) is 5.32 Å². The predicted molar refractivity (Wildman–Crippen MR) is 71.6 cm³/mol. The topological polar surface area (TPSA) is 66.4 Å². The SMILES string of the molecule is Cc1cccc(C(C)(C)NC(=O)[C@@H]2C[C@@H]2C(=O)O)c1. The van der Waals surface area contributed by atoms with Crippen LogP contribution in [0.3, 0.4) is 0 Å². The van der Waals surface area contributed by atoms with Gasteiger partial charge in [-0.05, 0) is 32.8 Å². The van der Waals surface area contributed by atoms with Crippen LogP contribution in [-0.2, 0) is 15.1 Å². The molecule has 1 amide bonds. The van der Waals surface area contributed by atoms with Crippen molar-refractivity contribution in [1.29, 1.82) is 0 Å². The molecule has 102 valence electrons. The van der Waals surface area contributed by atoms with Crippen LogP contribution in [0.1, 0.15) is 31.4 Å². The number of carbonyl (C=O) groups is 2. The molecule has 0 saturated heterocycles. The Hall–Kier alpha value is -1.84. The summed E-state index contributed by atoms with van der Waals surface area (Å²) in [6.07, 6.45) is 0.449. The minimum atomic E-state index is -0.881. The number of rotatable bonds is 4. The zero-order valence-electron chi connectivity index (χ0n) is 11.4. The highest BCUT2D eigenvalue weighted by Crippen LogP contribution is 2.39. The number of hydrogen-bond donors (Lipinski definition) is 2. The fraction of sp³-hybridized carbons (Fsp3) is 0.467. The number of carboxylic acid groups (broad SMARTS) is 1. The molecule has 4 nitrogen and oxygen atoms in total. The van der Waals surface area contributed by atoms with E-state index in [9.17, 15) is 9.59 Å². The summed E-state index contributed by atoms with van der Waals surface area (Å²) in [6.45, 7) is 5.86. The molecule has 2 atom stereocenters. The minimum absolute atomic E-state index is 0.168. The van der Waals surface area contributed by atoms with Crippen LogP contribution in [0.25, 0.3) is 0 Å². The highest BCUT2D eigenvalue weighted by molar-refractivity contribution is 5.89. The van der Waals surface area contributed by atoms with Crippen LogP contribution in [-0.4, -0.2) is 17.0 Å². The monoisotopic (exact) mass is 261 g/mol. The Labute approximate surface area is 112 Å². The van der Waals surface area contributed by atoms with Crippen LogP contribution in [0.2, 0.25) is 0 Å². The zero-order valence-corrected chi connectivity index (χ0v) is 11.4. The molecule has 19 heavy (non-hydrogen) atoms. The Morgan fingerprint density at radius 3 is 2.53 bits per heavy atom. The lowest BCUT2D eigenvalue weighted by Crippen LogP contribution is -2.42. The summed E-state index contributed by atoms with van der Waals surface area (Å²) in [7, 11) is 0. The van der Waals surface area contributed by atoms with E-state index in [-0.39, 0.29) is 11.8 Å². The lowest BCUT2D eigenvalue weighted by Gasteiger charge is -2.27. The number of amides is 1. The molecule has 0 spiro atoms. The second kappa shape index (κ2) is 4.68. The molecule has 0 aliphatic heterocycles. The van der Waals surface area contributed by atoms with Gasteiger partial charge in [0.25, 0.3) is 0 Å². The number of carbonyl (C=O) groups excluding carboxylic acids is 1. The quantitative estimate of drug-likeness (QED) is 0.872. The first-order valence-electron chi connectivity index (χ1n) is 6.43. The van der Waals surface area contributed by atoms with Gasteiger partial charge >= 0.3 is 5.97 Å².